The van der Waals surface area contributed by atoms with E-state index in [2.05, 4.69) is 0 Å². The van der Waals surface area contributed by atoms with Crippen LogP contribution in [-0.4, -0.2) is 19.9 Å². The van der Waals surface area contributed by atoms with Crippen molar-refractivity contribution in [3.8, 4) is 11.1 Å². The van der Waals surface area contributed by atoms with Gasteiger partial charge in [-0.2, -0.15) is 0 Å². The van der Waals surface area contributed by atoms with Crippen molar-refractivity contribution in [2.45, 2.75) is 19.1 Å². The largest absolute Gasteiger partial charge is 0.348 e. The summed E-state index contributed by atoms with van der Waals surface area (Å²) < 4.78 is 78.3. The number of hydrogen-bond donors (Lipinski definition) is 0. The van der Waals surface area contributed by atoms with E-state index in [0.717, 1.165) is 30.3 Å². The van der Waals surface area contributed by atoms with Gasteiger partial charge in [0, 0.05) is 11.5 Å². The topological polar surface area (TPSA) is 18.5 Å². The van der Waals surface area contributed by atoms with E-state index in [-0.39, 0.29) is 17.0 Å². The standard InChI is InChI=1S/C19H17F5O2/c20-5-1-2-11-9-25-19(26-10-11)13-7-16(23)18(17(24)8-13)12-3-4-14(21)15(22)6-12/h3-4,6-8,11,19H,1-2,5,9-10H2. The lowest BCUT2D eigenvalue weighted by atomic mass is 10.0. The predicted molar refractivity (Wildman–Crippen MR) is 85.1 cm³/mol. The predicted octanol–water partition coefficient (Wildman–Crippen LogP) is 5.32. The van der Waals surface area contributed by atoms with Gasteiger partial charge in [-0.1, -0.05) is 6.07 Å². The highest BCUT2D eigenvalue weighted by atomic mass is 19.2. The highest BCUT2D eigenvalue weighted by Crippen LogP contribution is 2.33. The molecule has 26 heavy (non-hydrogen) atoms. The summed E-state index contributed by atoms with van der Waals surface area (Å²) in [5, 5.41) is 0. The second-order valence-electron chi connectivity index (χ2n) is 6.18. The molecular formula is C19H17F5O2. The number of alkyl halides is 1. The Morgan fingerprint density at radius 1 is 0.846 bits per heavy atom. The van der Waals surface area contributed by atoms with Gasteiger partial charge in [-0.3, -0.25) is 4.39 Å². The second kappa shape index (κ2) is 8.14. The Morgan fingerprint density at radius 2 is 1.50 bits per heavy atom. The molecule has 0 atom stereocenters. The fraction of sp³-hybridized carbons (Fsp3) is 0.368. The molecule has 1 heterocycles. The van der Waals surface area contributed by atoms with Crippen LogP contribution in [0.25, 0.3) is 11.1 Å². The van der Waals surface area contributed by atoms with Crippen LogP contribution in [0.3, 0.4) is 0 Å². The molecule has 2 nitrogen and oxygen atoms in total. The monoisotopic (exact) mass is 372 g/mol. The van der Waals surface area contributed by atoms with Crippen LogP contribution in [-0.2, 0) is 9.47 Å². The van der Waals surface area contributed by atoms with E-state index in [0.29, 0.717) is 26.1 Å². The highest BCUT2D eigenvalue weighted by Gasteiger charge is 2.26. The van der Waals surface area contributed by atoms with Gasteiger partial charge in [-0.15, -0.1) is 0 Å². The lowest BCUT2D eigenvalue weighted by Gasteiger charge is -2.29. The van der Waals surface area contributed by atoms with Gasteiger partial charge in [0.2, 0.25) is 0 Å². The molecule has 1 aliphatic heterocycles. The summed E-state index contributed by atoms with van der Waals surface area (Å²) in [4.78, 5) is 0. The van der Waals surface area contributed by atoms with Crippen LogP contribution in [0.4, 0.5) is 22.0 Å². The lowest BCUT2D eigenvalue weighted by molar-refractivity contribution is -0.206. The lowest BCUT2D eigenvalue weighted by Crippen LogP contribution is -2.27. The van der Waals surface area contributed by atoms with Crippen molar-refractivity contribution in [1.29, 1.82) is 0 Å². The van der Waals surface area contributed by atoms with Crippen molar-refractivity contribution >= 4 is 0 Å². The minimum Gasteiger partial charge on any atom is -0.348 e. The zero-order chi connectivity index (χ0) is 18.7. The zero-order valence-electron chi connectivity index (χ0n) is 13.8. The molecule has 1 saturated heterocycles. The third kappa shape index (κ3) is 4.04. The van der Waals surface area contributed by atoms with Gasteiger partial charge in [0.15, 0.2) is 17.9 Å². The minimum atomic E-state index is -1.19. The molecule has 0 saturated carbocycles. The van der Waals surface area contributed by atoms with E-state index in [1.807, 2.05) is 0 Å². The van der Waals surface area contributed by atoms with Crippen molar-refractivity contribution in [2.75, 3.05) is 19.9 Å². The maximum atomic E-state index is 14.4. The average molecular weight is 372 g/mol. The fourth-order valence-electron chi connectivity index (χ4n) is 2.92. The third-order valence-corrected chi connectivity index (χ3v) is 4.26. The average Bonchev–Trinajstić information content (AvgIpc) is 2.62. The van der Waals surface area contributed by atoms with E-state index in [4.69, 9.17) is 9.47 Å². The van der Waals surface area contributed by atoms with Crippen LogP contribution < -0.4 is 0 Å². The molecule has 0 spiro atoms. The fourth-order valence-corrected chi connectivity index (χ4v) is 2.92. The summed E-state index contributed by atoms with van der Waals surface area (Å²) in [6, 6.07) is 4.74. The molecule has 0 amide bonds. The van der Waals surface area contributed by atoms with Crippen molar-refractivity contribution < 1.29 is 31.4 Å². The van der Waals surface area contributed by atoms with Gasteiger partial charge in [0.05, 0.1) is 25.5 Å². The molecule has 3 rings (SSSR count). The summed E-state index contributed by atoms with van der Waals surface area (Å²) >= 11 is 0. The quantitative estimate of drug-likeness (QED) is 0.662. The van der Waals surface area contributed by atoms with E-state index in [1.165, 1.54) is 0 Å². The Balaban J connectivity index is 1.78. The van der Waals surface area contributed by atoms with Gasteiger partial charge in [0.25, 0.3) is 0 Å². The highest BCUT2D eigenvalue weighted by molar-refractivity contribution is 5.65. The van der Waals surface area contributed by atoms with Crippen molar-refractivity contribution in [1.82, 2.24) is 0 Å². The van der Waals surface area contributed by atoms with Crippen LogP contribution in [0, 0.1) is 29.2 Å². The minimum absolute atomic E-state index is 0.0400. The van der Waals surface area contributed by atoms with Gasteiger partial charge in [-0.25, -0.2) is 17.6 Å². The van der Waals surface area contributed by atoms with Gasteiger partial charge < -0.3 is 9.47 Å². The Bertz CT molecular complexity index is 750. The Morgan fingerprint density at radius 3 is 2.08 bits per heavy atom. The molecule has 2 aromatic rings. The van der Waals surface area contributed by atoms with Gasteiger partial charge in [0.1, 0.15) is 11.6 Å². The van der Waals surface area contributed by atoms with Gasteiger partial charge in [-0.05, 0) is 42.7 Å². The zero-order valence-corrected chi connectivity index (χ0v) is 13.8. The number of hydrogen-bond acceptors (Lipinski definition) is 2. The van der Waals surface area contributed by atoms with Crippen LogP contribution in [0.1, 0.15) is 24.7 Å². The molecule has 0 bridgehead atoms. The van der Waals surface area contributed by atoms with Crippen molar-refractivity contribution in [2.24, 2.45) is 5.92 Å². The SMILES string of the molecule is FCCCC1COC(c2cc(F)c(-c3ccc(F)c(F)c3)c(F)c2)OC1. The summed E-state index contributed by atoms with van der Waals surface area (Å²) in [7, 11) is 0. The molecule has 2 aromatic carbocycles. The van der Waals surface area contributed by atoms with Crippen LogP contribution >= 0.6 is 0 Å². The Kier molecular flexibility index (Phi) is 5.88. The van der Waals surface area contributed by atoms with E-state index >= 15 is 0 Å². The van der Waals surface area contributed by atoms with E-state index < -0.39 is 41.8 Å². The maximum Gasteiger partial charge on any atom is 0.184 e. The molecule has 140 valence electrons. The Hall–Kier alpha value is -1.99. The van der Waals surface area contributed by atoms with Crippen LogP contribution in [0.15, 0.2) is 30.3 Å². The summed E-state index contributed by atoms with van der Waals surface area (Å²) in [6.45, 7) is 0.194. The molecule has 7 heteroatoms. The normalized spacial score (nSPS) is 20.3. The van der Waals surface area contributed by atoms with Crippen LogP contribution in [0.2, 0.25) is 0 Å². The van der Waals surface area contributed by atoms with Crippen molar-refractivity contribution in [3.05, 3.63) is 59.2 Å². The molecule has 0 unspecified atom stereocenters. The van der Waals surface area contributed by atoms with Gasteiger partial charge >= 0.3 is 0 Å². The number of ether oxygens (including phenoxy) is 2. The maximum absolute atomic E-state index is 14.4. The number of rotatable bonds is 5. The first kappa shape index (κ1) is 18.8. The molecule has 1 aliphatic rings. The first-order chi connectivity index (χ1) is 12.5. The molecule has 0 aliphatic carbocycles. The van der Waals surface area contributed by atoms with E-state index in [1.54, 1.807) is 0 Å². The molecule has 0 radical (unpaired) electrons. The number of halogens is 5. The Labute approximate surface area is 147 Å². The summed E-state index contributed by atoms with van der Waals surface area (Å²) in [5.74, 6) is -4.12. The molecule has 1 fully saturated rings. The smallest absolute Gasteiger partial charge is 0.184 e. The number of benzene rings is 2. The summed E-state index contributed by atoms with van der Waals surface area (Å²) in [5.41, 5.74) is -0.415. The second-order valence-corrected chi connectivity index (χ2v) is 6.18. The van der Waals surface area contributed by atoms with E-state index in [9.17, 15) is 22.0 Å². The third-order valence-electron chi connectivity index (χ3n) is 4.26. The molecule has 0 aromatic heterocycles. The summed E-state index contributed by atoms with van der Waals surface area (Å²) in [6.07, 6.45) is 0.0922. The first-order valence-electron chi connectivity index (χ1n) is 8.23. The van der Waals surface area contributed by atoms with Crippen molar-refractivity contribution in [3.63, 3.8) is 0 Å². The first-order valence-corrected chi connectivity index (χ1v) is 8.23. The molecule has 0 N–H and O–H groups in total. The van der Waals surface area contributed by atoms with Crippen LogP contribution in [0.5, 0.6) is 0 Å². The molecular weight excluding hydrogens is 355 g/mol.